The molecule has 0 bridgehead atoms. The van der Waals surface area contributed by atoms with Crippen LogP contribution in [0.3, 0.4) is 0 Å². The number of nitrogens with zero attached hydrogens (tertiary/aromatic N) is 2. The minimum Gasteiger partial charge on any atom is -0.497 e. The van der Waals surface area contributed by atoms with Gasteiger partial charge in [-0.25, -0.2) is 8.42 Å². The molecule has 0 aliphatic carbocycles. The molecule has 8 nitrogen and oxygen atoms in total. The third-order valence-electron chi connectivity index (χ3n) is 6.10. The highest BCUT2D eigenvalue weighted by Crippen LogP contribution is 2.28. The van der Waals surface area contributed by atoms with E-state index in [9.17, 15) is 13.2 Å². The molecule has 0 unspecified atom stereocenters. The van der Waals surface area contributed by atoms with Crippen LogP contribution in [0.4, 0.5) is 0 Å². The van der Waals surface area contributed by atoms with Gasteiger partial charge >= 0.3 is 0 Å². The van der Waals surface area contributed by atoms with Gasteiger partial charge in [-0.2, -0.15) is 4.31 Å². The Morgan fingerprint density at radius 3 is 2.55 bits per heavy atom. The van der Waals surface area contributed by atoms with Gasteiger partial charge in [-0.1, -0.05) is 0 Å². The van der Waals surface area contributed by atoms with Crippen LogP contribution in [0.25, 0.3) is 0 Å². The molecule has 2 aliphatic rings. The topological polar surface area (TPSA) is 92.1 Å². The van der Waals surface area contributed by atoms with Gasteiger partial charge in [0.1, 0.15) is 17.6 Å². The fraction of sp³-hybridized carbons (Fsp3) is 0.500. The maximum atomic E-state index is 13.2. The number of sulfonamides is 1. The highest BCUT2D eigenvalue weighted by atomic mass is 32.2. The zero-order valence-corrected chi connectivity index (χ0v) is 18.5. The van der Waals surface area contributed by atoms with Gasteiger partial charge in [0.15, 0.2) is 0 Å². The van der Waals surface area contributed by atoms with Crippen LogP contribution in [0, 0.1) is 0 Å². The maximum absolute atomic E-state index is 13.2. The zero-order valence-electron chi connectivity index (χ0n) is 17.7. The Kier molecular flexibility index (Phi) is 6.64. The highest BCUT2D eigenvalue weighted by Gasteiger charge is 2.39. The van der Waals surface area contributed by atoms with Crippen molar-refractivity contribution in [3.63, 3.8) is 0 Å². The van der Waals surface area contributed by atoms with E-state index in [1.165, 1.54) is 23.5 Å². The predicted octanol–water partition coefficient (Wildman–Crippen LogP) is 2.39. The molecule has 1 aromatic heterocycles. The molecule has 168 valence electrons. The van der Waals surface area contributed by atoms with Crippen molar-refractivity contribution in [2.24, 2.45) is 0 Å². The number of rotatable bonds is 8. The number of furan rings is 1. The van der Waals surface area contributed by atoms with Crippen molar-refractivity contribution in [2.45, 2.75) is 42.7 Å². The lowest BCUT2D eigenvalue weighted by Gasteiger charge is -2.28. The Bertz CT molecular complexity index is 969. The van der Waals surface area contributed by atoms with Crippen LogP contribution in [0.5, 0.6) is 5.75 Å². The second kappa shape index (κ2) is 9.42. The van der Waals surface area contributed by atoms with Gasteiger partial charge in [0, 0.05) is 13.1 Å². The van der Waals surface area contributed by atoms with Gasteiger partial charge < -0.3 is 14.5 Å². The summed E-state index contributed by atoms with van der Waals surface area (Å²) in [7, 11) is -2.24. The molecule has 0 spiro atoms. The van der Waals surface area contributed by atoms with E-state index in [1.54, 1.807) is 18.4 Å². The Morgan fingerprint density at radius 1 is 1.16 bits per heavy atom. The molecular weight excluding hydrogens is 418 g/mol. The standard InChI is InChI=1S/C22H29N3O5S/c1-29-17-8-10-18(11-9-17)31(27,28)25-14-4-6-19(25)22(26)23-16-20(21-7-5-15-30-21)24-12-2-3-13-24/h5,7-11,15,19-20H,2-4,6,12-14,16H2,1H3,(H,23,26)/t19-,20+/m0/s1. The highest BCUT2D eigenvalue weighted by molar-refractivity contribution is 7.89. The molecule has 0 radical (unpaired) electrons. The fourth-order valence-corrected chi connectivity index (χ4v) is 6.09. The molecule has 1 N–H and O–H groups in total. The molecule has 9 heteroatoms. The summed E-state index contributed by atoms with van der Waals surface area (Å²) in [6.07, 6.45) is 5.06. The summed E-state index contributed by atoms with van der Waals surface area (Å²) < 4.78 is 38.4. The van der Waals surface area contributed by atoms with Crippen molar-refractivity contribution in [3.8, 4) is 5.75 Å². The summed E-state index contributed by atoms with van der Waals surface area (Å²) in [6, 6.07) is 9.27. The molecular formula is C22H29N3O5S. The number of methoxy groups -OCH3 is 1. The van der Waals surface area contributed by atoms with Crippen LogP contribution in [0.2, 0.25) is 0 Å². The average Bonchev–Trinajstić information content (AvgIpc) is 3.56. The van der Waals surface area contributed by atoms with Crippen LogP contribution >= 0.6 is 0 Å². The molecule has 2 atom stereocenters. The molecule has 0 saturated carbocycles. The zero-order chi connectivity index (χ0) is 21.8. The van der Waals surface area contributed by atoms with Gasteiger partial charge in [0.2, 0.25) is 15.9 Å². The number of hydrogen-bond acceptors (Lipinski definition) is 6. The molecule has 4 rings (SSSR count). The molecule has 1 aromatic carbocycles. The van der Waals surface area contributed by atoms with E-state index in [-0.39, 0.29) is 16.8 Å². The van der Waals surface area contributed by atoms with Gasteiger partial charge in [0.25, 0.3) is 0 Å². The quantitative estimate of drug-likeness (QED) is 0.668. The van der Waals surface area contributed by atoms with Crippen LogP contribution in [0.1, 0.15) is 37.5 Å². The van der Waals surface area contributed by atoms with E-state index in [2.05, 4.69) is 10.2 Å². The molecule has 2 aromatic rings. The maximum Gasteiger partial charge on any atom is 0.243 e. The van der Waals surface area contributed by atoms with Crippen LogP contribution in [-0.4, -0.2) is 62.9 Å². The minimum absolute atomic E-state index is 0.0468. The van der Waals surface area contributed by atoms with E-state index in [0.29, 0.717) is 31.7 Å². The number of carbonyl (C=O) groups is 1. The minimum atomic E-state index is -3.77. The smallest absolute Gasteiger partial charge is 0.243 e. The van der Waals surface area contributed by atoms with E-state index >= 15 is 0 Å². The first-order chi connectivity index (χ1) is 15.0. The molecule has 2 saturated heterocycles. The lowest BCUT2D eigenvalue weighted by molar-refractivity contribution is -0.124. The second-order valence-electron chi connectivity index (χ2n) is 7.97. The Balaban J connectivity index is 1.45. The van der Waals surface area contributed by atoms with Crippen molar-refractivity contribution in [3.05, 3.63) is 48.4 Å². The van der Waals surface area contributed by atoms with Crippen molar-refractivity contribution in [2.75, 3.05) is 33.3 Å². The number of amides is 1. The van der Waals surface area contributed by atoms with Gasteiger partial charge in [-0.3, -0.25) is 9.69 Å². The van der Waals surface area contributed by atoms with Gasteiger partial charge in [-0.05, 0) is 75.2 Å². The SMILES string of the molecule is COc1ccc(S(=O)(=O)N2CCC[C@H]2C(=O)NC[C@H](c2ccco2)N2CCCC2)cc1. The first-order valence-electron chi connectivity index (χ1n) is 10.7. The lowest BCUT2D eigenvalue weighted by atomic mass is 10.1. The summed E-state index contributed by atoms with van der Waals surface area (Å²) in [5, 5.41) is 2.99. The van der Waals surface area contributed by atoms with Crippen molar-refractivity contribution < 1.29 is 22.4 Å². The summed E-state index contributed by atoms with van der Waals surface area (Å²) >= 11 is 0. The third-order valence-corrected chi connectivity index (χ3v) is 8.02. The summed E-state index contributed by atoms with van der Waals surface area (Å²) in [6.45, 7) is 2.64. The predicted molar refractivity (Wildman–Crippen MR) is 115 cm³/mol. The van der Waals surface area contributed by atoms with Gasteiger partial charge in [0.05, 0.1) is 24.3 Å². The lowest BCUT2D eigenvalue weighted by Crippen LogP contribution is -2.47. The number of hydrogen-bond donors (Lipinski definition) is 1. The van der Waals surface area contributed by atoms with Crippen LogP contribution in [-0.2, 0) is 14.8 Å². The normalized spacial score (nSPS) is 21.3. The number of nitrogens with one attached hydrogen (secondary N) is 1. The summed E-state index contributed by atoms with van der Waals surface area (Å²) in [5.74, 6) is 1.14. The Hall–Kier alpha value is -2.36. The average molecular weight is 448 g/mol. The first kappa shape index (κ1) is 21.9. The van der Waals surface area contributed by atoms with Crippen molar-refractivity contribution in [1.82, 2.24) is 14.5 Å². The largest absolute Gasteiger partial charge is 0.497 e. The monoisotopic (exact) mass is 447 g/mol. The fourth-order valence-electron chi connectivity index (χ4n) is 4.43. The van der Waals surface area contributed by atoms with Crippen LogP contribution < -0.4 is 10.1 Å². The summed E-state index contributed by atoms with van der Waals surface area (Å²) in [4.78, 5) is 15.5. The van der Waals surface area contributed by atoms with Crippen LogP contribution in [0.15, 0.2) is 52.0 Å². The van der Waals surface area contributed by atoms with E-state index in [0.717, 1.165) is 31.7 Å². The number of carbonyl (C=O) groups excluding carboxylic acids is 1. The summed E-state index contributed by atoms with van der Waals surface area (Å²) in [5.41, 5.74) is 0. The first-order valence-corrected chi connectivity index (χ1v) is 12.2. The third kappa shape index (κ3) is 4.63. The second-order valence-corrected chi connectivity index (χ2v) is 9.86. The van der Waals surface area contributed by atoms with E-state index in [4.69, 9.17) is 9.15 Å². The number of ether oxygens (including phenoxy) is 1. The number of benzene rings is 1. The van der Waals surface area contributed by atoms with E-state index < -0.39 is 16.1 Å². The molecule has 2 fully saturated rings. The number of likely N-dealkylation sites (tertiary alicyclic amines) is 1. The van der Waals surface area contributed by atoms with E-state index in [1.807, 2.05) is 12.1 Å². The Morgan fingerprint density at radius 2 is 1.90 bits per heavy atom. The van der Waals surface area contributed by atoms with Gasteiger partial charge in [-0.15, -0.1) is 0 Å². The molecule has 31 heavy (non-hydrogen) atoms. The molecule has 2 aliphatic heterocycles. The molecule has 1 amide bonds. The molecule has 3 heterocycles. The van der Waals surface area contributed by atoms with Crippen molar-refractivity contribution >= 4 is 15.9 Å². The Labute approximate surface area is 183 Å². The van der Waals surface area contributed by atoms with Crippen molar-refractivity contribution in [1.29, 1.82) is 0 Å².